The first-order valence-corrected chi connectivity index (χ1v) is 9.71. The van der Waals surface area contributed by atoms with Crippen LogP contribution in [-0.2, 0) is 9.59 Å². The second kappa shape index (κ2) is 9.68. The third-order valence-electron chi connectivity index (χ3n) is 4.95. The van der Waals surface area contributed by atoms with Crippen molar-refractivity contribution in [2.75, 3.05) is 35.2 Å². The second-order valence-electron chi connectivity index (χ2n) is 7.09. The molecule has 0 saturated carbocycles. The van der Waals surface area contributed by atoms with Gasteiger partial charge >= 0.3 is 0 Å². The molecule has 1 aliphatic heterocycles. The standard InChI is InChI=1S/C20H24N6O4/c21-20(28)14-4-3-11-25(13-14)18-8-7-15(12-23-18)24-19(27)9-10-22-16-5-1-2-6-17(16)26(29)30/h1-2,5-8,12,14,22H,3-4,9-11,13H2,(H2,21,28)(H,24,27). The van der Waals surface area contributed by atoms with Crippen LogP contribution in [0.1, 0.15) is 19.3 Å². The van der Waals surface area contributed by atoms with Crippen molar-refractivity contribution in [3.05, 3.63) is 52.7 Å². The molecule has 0 radical (unpaired) electrons. The van der Waals surface area contributed by atoms with Gasteiger partial charge < -0.3 is 21.3 Å². The van der Waals surface area contributed by atoms with Gasteiger partial charge in [0.1, 0.15) is 11.5 Å². The normalized spacial score (nSPS) is 16.0. The molecule has 1 unspecified atom stereocenters. The maximum absolute atomic E-state index is 12.2. The van der Waals surface area contributed by atoms with Crippen LogP contribution in [0.3, 0.4) is 0 Å². The Hall–Kier alpha value is -3.69. The van der Waals surface area contributed by atoms with Gasteiger partial charge in [0, 0.05) is 32.1 Å². The maximum atomic E-state index is 12.2. The number of nitrogens with two attached hydrogens (primary N) is 1. The number of hydrogen-bond acceptors (Lipinski definition) is 7. The van der Waals surface area contributed by atoms with E-state index >= 15 is 0 Å². The molecule has 4 N–H and O–H groups in total. The quantitative estimate of drug-likeness (QED) is 0.445. The molecule has 158 valence electrons. The number of aromatic nitrogens is 1. The third kappa shape index (κ3) is 5.43. The fourth-order valence-corrected chi connectivity index (χ4v) is 3.38. The molecule has 1 atom stereocenters. The van der Waals surface area contributed by atoms with Crippen LogP contribution in [0.2, 0.25) is 0 Å². The zero-order valence-corrected chi connectivity index (χ0v) is 16.4. The van der Waals surface area contributed by atoms with Gasteiger partial charge in [0.2, 0.25) is 11.8 Å². The number of benzene rings is 1. The summed E-state index contributed by atoms with van der Waals surface area (Å²) in [5.74, 6) is 0.0327. The van der Waals surface area contributed by atoms with Crippen LogP contribution in [0.5, 0.6) is 0 Å². The summed E-state index contributed by atoms with van der Waals surface area (Å²) >= 11 is 0. The molecule has 0 spiro atoms. The van der Waals surface area contributed by atoms with Crippen molar-refractivity contribution in [2.45, 2.75) is 19.3 Å². The predicted octanol–water partition coefficient (Wildman–Crippen LogP) is 2.13. The molecular weight excluding hydrogens is 388 g/mol. The van der Waals surface area contributed by atoms with E-state index in [-0.39, 0.29) is 36.4 Å². The number of rotatable bonds is 8. The van der Waals surface area contributed by atoms with Crippen molar-refractivity contribution >= 4 is 34.7 Å². The molecule has 1 aliphatic rings. The average molecular weight is 412 g/mol. The Balaban J connectivity index is 1.49. The Morgan fingerprint density at radius 1 is 1.27 bits per heavy atom. The Morgan fingerprint density at radius 2 is 2.07 bits per heavy atom. The lowest BCUT2D eigenvalue weighted by Crippen LogP contribution is -2.41. The number of anilines is 3. The fraction of sp³-hybridized carbons (Fsp3) is 0.350. The summed E-state index contributed by atoms with van der Waals surface area (Å²) in [4.78, 5) is 40.5. The number of nitrogens with zero attached hydrogens (tertiary/aromatic N) is 3. The van der Waals surface area contributed by atoms with Gasteiger partial charge in [-0.25, -0.2) is 4.98 Å². The summed E-state index contributed by atoms with van der Waals surface area (Å²) in [6.45, 7) is 1.61. The van der Waals surface area contributed by atoms with Crippen LogP contribution in [0.25, 0.3) is 0 Å². The van der Waals surface area contributed by atoms with Crippen molar-refractivity contribution in [2.24, 2.45) is 11.7 Å². The Bertz CT molecular complexity index is 918. The molecule has 2 heterocycles. The average Bonchev–Trinajstić information content (AvgIpc) is 2.74. The van der Waals surface area contributed by atoms with Crippen LogP contribution in [0.15, 0.2) is 42.6 Å². The zero-order valence-electron chi connectivity index (χ0n) is 16.4. The molecular formula is C20H24N6O4. The van der Waals surface area contributed by atoms with Gasteiger partial charge in [-0.05, 0) is 31.0 Å². The SMILES string of the molecule is NC(=O)C1CCCN(c2ccc(NC(=O)CCNc3ccccc3[N+](=O)[O-])cn2)C1. The van der Waals surface area contributed by atoms with Gasteiger partial charge in [0.05, 0.1) is 22.7 Å². The van der Waals surface area contributed by atoms with E-state index in [0.717, 1.165) is 25.2 Å². The van der Waals surface area contributed by atoms with Gasteiger partial charge in [-0.15, -0.1) is 0 Å². The molecule has 1 saturated heterocycles. The van der Waals surface area contributed by atoms with E-state index in [9.17, 15) is 19.7 Å². The molecule has 10 nitrogen and oxygen atoms in total. The van der Waals surface area contributed by atoms with Crippen molar-refractivity contribution < 1.29 is 14.5 Å². The summed E-state index contributed by atoms with van der Waals surface area (Å²) in [5.41, 5.74) is 6.31. The summed E-state index contributed by atoms with van der Waals surface area (Å²) in [6.07, 6.45) is 3.37. The molecule has 10 heteroatoms. The first-order valence-electron chi connectivity index (χ1n) is 9.71. The second-order valence-corrected chi connectivity index (χ2v) is 7.09. The Kier molecular flexibility index (Phi) is 6.79. The minimum absolute atomic E-state index is 0.0333. The molecule has 2 amide bonds. The summed E-state index contributed by atoms with van der Waals surface area (Å²) in [6, 6.07) is 9.83. The fourth-order valence-electron chi connectivity index (χ4n) is 3.38. The lowest BCUT2D eigenvalue weighted by atomic mass is 9.97. The minimum atomic E-state index is -0.469. The number of piperidine rings is 1. The van der Waals surface area contributed by atoms with E-state index in [1.807, 2.05) is 4.90 Å². The van der Waals surface area contributed by atoms with Crippen LogP contribution >= 0.6 is 0 Å². The highest BCUT2D eigenvalue weighted by molar-refractivity contribution is 5.91. The van der Waals surface area contributed by atoms with Crippen LogP contribution in [-0.4, -0.2) is 41.4 Å². The largest absolute Gasteiger partial charge is 0.379 e. The van der Waals surface area contributed by atoms with E-state index < -0.39 is 4.92 Å². The van der Waals surface area contributed by atoms with E-state index in [0.29, 0.717) is 17.9 Å². The van der Waals surface area contributed by atoms with E-state index in [4.69, 9.17) is 5.73 Å². The molecule has 1 aromatic heterocycles. The van der Waals surface area contributed by atoms with Gasteiger partial charge in [0.25, 0.3) is 5.69 Å². The smallest absolute Gasteiger partial charge is 0.292 e. The summed E-state index contributed by atoms with van der Waals surface area (Å²) in [7, 11) is 0. The van der Waals surface area contributed by atoms with E-state index in [1.54, 1.807) is 36.5 Å². The lowest BCUT2D eigenvalue weighted by Gasteiger charge is -2.32. The van der Waals surface area contributed by atoms with Crippen molar-refractivity contribution in [3.8, 4) is 0 Å². The van der Waals surface area contributed by atoms with Gasteiger partial charge in [0.15, 0.2) is 0 Å². The summed E-state index contributed by atoms with van der Waals surface area (Å²) in [5, 5.41) is 16.7. The molecule has 0 bridgehead atoms. The zero-order chi connectivity index (χ0) is 21.5. The molecule has 2 aromatic rings. The molecule has 1 aromatic carbocycles. The molecule has 3 rings (SSSR count). The Morgan fingerprint density at radius 3 is 2.77 bits per heavy atom. The van der Waals surface area contributed by atoms with Gasteiger partial charge in [-0.3, -0.25) is 19.7 Å². The van der Waals surface area contributed by atoms with Gasteiger partial charge in [-0.1, -0.05) is 12.1 Å². The highest BCUT2D eigenvalue weighted by atomic mass is 16.6. The van der Waals surface area contributed by atoms with E-state index in [1.165, 1.54) is 6.07 Å². The Labute approximate surface area is 173 Å². The first-order chi connectivity index (χ1) is 14.4. The number of pyridine rings is 1. The first kappa shape index (κ1) is 21.0. The van der Waals surface area contributed by atoms with Crippen molar-refractivity contribution in [1.29, 1.82) is 0 Å². The maximum Gasteiger partial charge on any atom is 0.292 e. The number of nitro benzene ring substituents is 1. The number of amides is 2. The number of carbonyl (C=O) groups excluding carboxylic acids is 2. The van der Waals surface area contributed by atoms with E-state index in [2.05, 4.69) is 15.6 Å². The number of hydrogen-bond donors (Lipinski definition) is 3. The molecule has 30 heavy (non-hydrogen) atoms. The number of nitrogens with one attached hydrogen (secondary N) is 2. The van der Waals surface area contributed by atoms with Crippen LogP contribution < -0.4 is 21.3 Å². The third-order valence-corrected chi connectivity index (χ3v) is 4.95. The lowest BCUT2D eigenvalue weighted by molar-refractivity contribution is -0.384. The minimum Gasteiger partial charge on any atom is -0.379 e. The predicted molar refractivity (Wildman–Crippen MR) is 113 cm³/mol. The number of primary amides is 1. The van der Waals surface area contributed by atoms with Crippen LogP contribution in [0, 0.1) is 16.0 Å². The number of carbonyl (C=O) groups is 2. The molecule has 0 aliphatic carbocycles. The number of para-hydroxylation sites is 2. The van der Waals surface area contributed by atoms with Crippen molar-refractivity contribution in [1.82, 2.24) is 4.98 Å². The highest BCUT2D eigenvalue weighted by Crippen LogP contribution is 2.24. The number of nitro groups is 1. The topological polar surface area (TPSA) is 143 Å². The summed E-state index contributed by atoms with van der Waals surface area (Å²) < 4.78 is 0. The monoisotopic (exact) mass is 412 g/mol. The highest BCUT2D eigenvalue weighted by Gasteiger charge is 2.24. The van der Waals surface area contributed by atoms with Crippen molar-refractivity contribution in [3.63, 3.8) is 0 Å². The van der Waals surface area contributed by atoms with Crippen LogP contribution in [0.4, 0.5) is 22.9 Å². The van der Waals surface area contributed by atoms with Gasteiger partial charge in [-0.2, -0.15) is 0 Å². The molecule has 1 fully saturated rings.